The van der Waals surface area contributed by atoms with Gasteiger partial charge in [0.25, 0.3) is 0 Å². The van der Waals surface area contributed by atoms with Crippen LogP contribution >= 0.6 is 24.4 Å². The third-order valence-corrected chi connectivity index (χ3v) is 3.13. The van der Waals surface area contributed by atoms with E-state index in [9.17, 15) is 4.79 Å². The van der Waals surface area contributed by atoms with Gasteiger partial charge in [-0.2, -0.15) is 12.6 Å². The van der Waals surface area contributed by atoms with Gasteiger partial charge >= 0.3 is 5.97 Å². The Kier molecular flexibility index (Phi) is 4.98. The smallest absolute Gasteiger partial charge is 0.311 e. The third-order valence-electron chi connectivity index (χ3n) is 1.76. The van der Waals surface area contributed by atoms with Gasteiger partial charge in [-0.3, -0.25) is 4.79 Å². The highest BCUT2D eigenvalue weighted by atomic mass is 32.2. The van der Waals surface area contributed by atoms with Gasteiger partial charge in [0, 0.05) is 17.9 Å². The highest BCUT2D eigenvalue weighted by molar-refractivity contribution is 7.99. The molecular weight excluding hydrogens is 208 g/mol. The molecule has 76 valence electrons. The van der Waals surface area contributed by atoms with E-state index in [2.05, 4.69) is 12.6 Å². The number of thiol groups is 1. The van der Waals surface area contributed by atoms with E-state index in [1.807, 2.05) is 0 Å². The van der Waals surface area contributed by atoms with E-state index in [1.54, 1.807) is 18.7 Å². The Hall–Kier alpha value is 0.130. The summed E-state index contributed by atoms with van der Waals surface area (Å²) in [5.74, 6) is 1.76. The number of rotatable bonds is 3. The zero-order valence-corrected chi connectivity index (χ0v) is 9.27. The Morgan fingerprint density at radius 1 is 1.85 bits per heavy atom. The number of ether oxygens (including phenoxy) is 2. The molecule has 2 unspecified atom stereocenters. The molecule has 1 aliphatic rings. The maximum Gasteiger partial charge on any atom is 0.311 e. The maximum absolute atomic E-state index is 11.3. The Labute approximate surface area is 88.0 Å². The quantitative estimate of drug-likeness (QED) is 0.580. The Morgan fingerprint density at radius 3 is 3.15 bits per heavy atom. The predicted octanol–water partition coefficient (Wildman–Crippen LogP) is 1.53. The molecule has 0 aromatic carbocycles. The lowest BCUT2D eigenvalue weighted by Gasteiger charge is -2.23. The largest absolute Gasteiger partial charge is 0.435 e. The predicted molar refractivity (Wildman–Crippen MR) is 55.9 cm³/mol. The van der Waals surface area contributed by atoms with Crippen LogP contribution in [0, 0.1) is 5.92 Å². The Morgan fingerprint density at radius 2 is 2.62 bits per heavy atom. The molecule has 0 aromatic heterocycles. The van der Waals surface area contributed by atoms with Gasteiger partial charge in [0.1, 0.15) is 0 Å². The van der Waals surface area contributed by atoms with Gasteiger partial charge in [-0.25, -0.2) is 0 Å². The van der Waals surface area contributed by atoms with Crippen LogP contribution in [0.3, 0.4) is 0 Å². The summed E-state index contributed by atoms with van der Waals surface area (Å²) in [6, 6.07) is 0. The van der Waals surface area contributed by atoms with Crippen molar-refractivity contribution in [3.63, 3.8) is 0 Å². The van der Waals surface area contributed by atoms with E-state index in [4.69, 9.17) is 9.47 Å². The summed E-state index contributed by atoms with van der Waals surface area (Å²) < 4.78 is 10.4. The monoisotopic (exact) mass is 222 g/mol. The normalized spacial score (nSPS) is 25.2. The first-order valence-corrected chi connectivity index (χ1v) is 6.03. The molecule has 1 rings (SSSR count). The van der Waals surface area contributed by atoms with Crippen LogP contribution in [0.5, 0.6) is 0 Å². The van der Waals surface area contributed by atoms with E-state index in [1.165, 1.54) is 0 Å². The van der Waals surface area contributed by atoms with Crippen molar-refractivity contribution in [2.45, 2.75) is 19.6 Å². The van der Waals surface area contributed by atoms with Gasteiger partial charge in [-0.15, -0.1) is 11.8 Å². The van der Waals surface area contributed by atoms with E-state index < -0.39 is 0 Å². The van der Waals surface area contributed by atoms with Gasteiger partial charge < -0.3 is 9.47 Å². The van der Waals surface area contributed by atoms with E-state index in [0.717, 1.165) is 12.2 Å². The fourth-order valence-corrected chi connectivity index (χ4v) is 1.73. The van der Waals surface area contributed by atoms with Gasteiger partial charge in [0.15, 0.2) is 0 Å². The minimum absolute atomic E-state index is 0.151. The number of thioether (sulfide) groups is 1. The SMILES string of the molecule is CC(CS)C(=O)OC1CCSCO1. The van der Waals surface area contributed by atoms with Crippen molar-refractivity contribution in [2.75, 3.05) is 17.4 Å². The van der Waals surface area contributed by atoms with Crippen molar-refractivity contribution < 1.29 is 14.3 Å². The Bertz CT molecular complexity index is 169. The first kappa shape index (κ1) is 11.2. The molecule has 13 heavy (non-hydrogen) atoms. The first-order chi connectivity index (χ1) is 6.24. The summed E-state index contributed by atoms with van der Waals surface area (Å²) in [4.78, 5) is 11.3. The molecule has 0 aromatic rings. The third kappa shape index (κ3) is 3.79. The summed E-state index contributed by atoms with van der Waals surface area (Å²) in [5, 5.41) is 0. The molecule has 2 atom stereocenters. The molecular formula is C8H14O3S2. The highest BCUT2D eigenvalue weighted by Crippen LogP contribution is 2.18. The van der Waals surface area contributed by atoms with Gasteiger partial charge in [0.05, 0.1) is 11.9 Å². The van der Waals surface area contributed by atoms with Gasteiger partial charge in [-0.1, -0.05) is 6.92 Å². The number of hydrogen-bond acceptors (Lipinski definition) is 5. The zero-order chi connectivity index (χ0) is 9.68. The van der Waals surface area contributed by atoms with Crippen molar-refractivity contribution in [1.29, 1.82) is 0 Å². The fourth-order valence-electron chi connectivity index (χ4n) is 0.859. The van der Waals surface area contributed by atoms with Crippen LogP contribution in [-0.4, -0.2) is 29.7 Å². The van der Waals surface area contributed by atoms with Crippen molar-refractivity contribution in [3.8, 4) is 0 Å². The van der Waals surface area contributed by atoms with E-state index in [-0.39, 0.29) is 18.2 Å². The molecule has 0 radical (unpaired) electrons. The summed E-state index contributed by atoms with van der Waals surface area (Å²) in [6.45, 7) is 1.80. The van der Waals surface area contributed by atoms with E-state index >= 15 is 0 Å². The maximum atomic E-state index is 11.3. The minimum Gasteiger partial charge on any atom is -0.435 e. The van der Waals surface area contributed by atoms with Crippen molar-refractivity contribution in [1.82, 2.24) is 0 Å². The molecule has 0 saturated carbocycles. The number of esters is 1. The van der Waals surface area contributed by atoms with Crippen LogP contribution in [0.15, 0.2) is 0 Å². The van der Waals surface area contributed by atoms with Gasteiger partial charge in [0.2, 0.25) is 6.29 Å². The summed E-state index contributed by atoms with van der Waals surface area (Å²) in [6.07, 6.45) is 0.450. The van der Waals surface area contributed by atoms with Crippen molar-refractivity contribution in [2.24, 2.45) is 5.92 Å². The lowest BCUT2D eigenvalue weighted by Crippen LogP contribution is -2.28. The summed E-state index contributed by atoms with van der Waals surface area (Å²) in [7, 11) is 0. The second-order valence-corrected chi connectivity index (χ2v) is 4.35. The molecule has 1 fully saturated rings. The molecule has 0 amide bonds. The Balaban J connectivity index is 2.26. The van der Waals surface area contributed by atoms with Crippen LogP contribution in [-0.2, 0) is 14.3 Å². The lowest BCUT2D eigenvalue weighted by atomic mass is 10.2. The molecule has 0 aliphatic carbocycles. The van der Waals surface area contributed by atoms with Crippen LogP contribution in [0.4, 0.5) is 0 Å². The second-order valence-electron chi connectivity index (χ2n) is 2.93. The number of hydrogen-bond donors (Lipinski definition) is 1. The fraction of sp³-hybridized carbons (Fsp3) is 0.875. The molecule has 0 spiro atoms. The molecule has 1 aliphatic heterocycles. The van der Waals surface area contributed by atoms with E-state index in [0.29, 0.717) is 11.7 Å². The number of carbonyl (C=O) groups is 1. The number of carbonyl (C=O) groups excluding carboxylic acids is 1. The lowest BCUT2D eigenvalue weighted by molar-refractivity contribution is -0.179. The van der Waals surface area contributed by atoms with Crippen LogP contribution < -0.4 is 0 Å². The minimum atomic E-state index is -0.337. The van der Waals surface area contributed by atoms with Crippen LogP contribution in [0.25, 0.3) is 0 Å². The van der Waals surface area contributed by atoms with Gasteiger partial charge in [-0.05, 0) is 0 Å². The summed E-state index contributed by atoms with van der Waals surface area (Å²) >= 11 is 5.74. The second kappa shape index (κ2) is 5.78. The van der Waals surface area contributed by atoms with Crippen LogP contribution in [0.1, 0.15) is 13.3 Å². The average molecular weight is 222 g/mol. The highest BCUT2D eigenvalue weighted by Gasteiger charge is 2.21. The molecule has 3 nitrogen and oxygen atoms in total. The van der Waals surface area contributed by atoms with Crippen molar-refractivity contribution >= 4 is 30.4 Å². The molecule has 1 heterocycles. The van der Waals surface area contributed by atoms with Crippen molar-refractivity contribution in [3.05, 3.63) is 0 Å². The first-order valence-electron chi connectivity index (χ1n) is 4.24. The molecule has 1 saturated heterocycles. The topological polar surface area (TPSA) is 35.5 Å². The molecule has 5 heteroatoms. The molecule has 0 bridgehead atoms. The van der Waals surface area contributed by atoms with Crippen LogP contribution in [0.2, 0.25) is 0 Å². The summed E-state index contributed by atoms with van der Waals surface area (Å²) in [5.41, 5.74) is 0. The zero-order valence-electron chi connectivity index (χ0n) is 7.56. The standard InChI is InChI=1S/C8H14O3S2/c1-6(4-12)8(9)11-7-2-3-13-5-10-7/h6-7,12H,2-5H2,1H3. The molecule has 0 N–H and O–H groups in total. The average Bonchev–Trinajstić information content (AvgIpc) is 2.18.